The van der Waals surface area contributed by atoms with Gasteiger partial charge in [-0.1, -0.05) is 18.2 Å². The molecule has 66 valence electrons. The van der Waals surface area contributed by atoms with E-state index in [2.05, 4.69) is 29.3 Å². The molecule has 1 aromatic rings. The molecule has 2 heterocycles. The molecule has 1 fully saturated rings. The summed E-state index contributed by atoms with van der Waals surface area (Å²) in [5.74, 6) is 1.89. The SMILES string of the molecule is c1ccc2c(c1)N=C1SCCCC12. The van der Waals surface area contributed by atoms with E-state index in [1.165, 1.54) is 34.9 Å². The van der Waals surface area contributed by atoms with Crippen LogP contribution in [0.4, 0.5) is 5.69 Å². The Morgan fingerprint density at radius 2 is 2.23 bits per heavy atom. The number of fused-ring (bicyclic) bond motifs is 3. The highest BCUT2D eigenvalue weighted by molar-refractivity contribution is 8.14. The topological polar surface area (TPSA) is 12.4 Å². The van der Waals surface area contributed by atoms with Crippen molar-refractivity contribution in [3.8, 4) is 0 Å². The smallest absolute Gasteiger partial charge is 0.0814 e. The van der Waals surface area contributed by atoms with Gasteiger partial charge < -0.3 is 0 Å². The van der Waals surface area contributed by atoms with Crippen molar-refractivity contribution in [2.75, 3.05) is 5.75 Å². The number of benzene rings is 1. The van der Waals surface area contributed by atoms with Gasteiger partial charge >= 0.3 is 0 Å². The molecule has 13 heavy (non-hydrogen) atoms. The monoisotopic (exact) mass is 189 g/mol. The van der Waals surface area contributed by atoms with Crippen LogP contribution in [-0.4, -0.2) is 10.8 Å². The Balaban J connectivity index is 2.09. The molecule has 3 rings (SSSR count). The van der Waals surface area contributed by atoms with Crippen molar-refractivity contribution in [1.82, 2.24) is 0 Å². The molecule has 2 aliphatic rings. The fraction of sp³-hybridized carbons (Fsp3) is 0.364. The standard InChI is InChI=1S/C11H11NS/c1-2-6-10-8(4-1)9-5-3-7-13-11(9)12-10/h1-2,4,6,9H,3,5,7H2. The highest BCUT2D eigenvalue weighted by atomic mass is 32.2. The third-order valence-electron chi connectivity index (χ3n) is 2.73. The van der Waals surface area contributed by atoms with E-state index in [9.17, 15) is 0 Å². The van der Waals surface area contributed by atoms with Crippen LogP contribution in [-0.2, 0) is 0 Å². The van der Waals surface area contributed by atoms with Gasteiger partial charge in [-0.3, -0.25) is 0 Å². The predicted octanol–water partition coefficient (Wildman–Crippen LogP) is 3.34. The zero-order chi connectivity index (χ0) is 8.67. The molecule has 2 aliphatic heterocycles. The highest BCUT2D eigenvalue weighted by Crippen LogP contribution is 2.44. The molecular formula is C11H11NS. The van der Waals surface area contributed by atoms with E-state index in [1.54, 1.807) is 0 Å². The van der Waals surface area contributed by atoms with Gasteiger partial charge in [-0.2, -0.15) is 0 Å². The Kier molecular flexibility index (Phi) is 1.69. The lowest BCUT2D eigenvalue weighted by Crippen LogP contribution is -2.11. The Labute approximate surface area is 82.3 Å². The third kappa shape index (κ3) is 1.12. The van der Waals surface area contributed by atoms with Crippen LogP contribution < -0.4 is 0 Å². The summed E-state index contributed by atoms with van der Waals surface area (Å²) in [4.78, 5) is 4.65. The van der Waals surface area contributed by atoms with Crippen LogP contribution in [0.2, 0.25) is 0 Å². The van der Waals surface area contributed by atoms with E-state index in [4.69, 9.17) is 0 Å². The molecule has 1 atom stereocenters. The lowest BCUT2D eigenvalue weighted by Gasteiger charge is -2.18. The maximum absolute atomic E-state index is 4.65. The van der Waals surface area contributed by atoms with Crippen molar-refractivity contribution >= 4 is 22.5 Å². The van der Waals surface area contributed by atoms with Crippen molar-refractivity contribution < 1.29 is 0 Å². The van der Waals surface area contributed by atoms with Crippen LogP contribution in [0.5, 0.6) is 0 Å². The Morgan fingerprint density at radius 3 is 3.23 bits per heavy atom. The van der Waals surface area contributed by atoms with Gasteiger partial charge in [0, 0.05) is 5.92 Å². The third-order valence-corrected chi connectivity index (χ3v) is 3.89. The van der Waals surface area contributed by atoms with E-state index in [-0.39, 0.29) is 0 Å². The van der Waals surface area contributed by atoms with Crippen molar-refractivity contribution in [3.63, 3.8) is 0 Å². The number of aliphatic imine (C=N–C) groups is 1. The minimum Gasteiger partial charge on any atom is -0.246 e. The maximum Gasteiger partial charge on any atom is 0.0814 e. The quantitative estimate of drug-likeness (QED) is 0.609. The second-order valence-corrected chi connectivity index (χ2v) is 4.67. The highest BCUT2D eigenvalue weighted by Gasteiger charge is 2.29. The molecule has 0 amide bonds. The second kappa shape index (κ2) is 2.88. The van der Waals surface area contributed by atoms with E-state index in [1.807, 2.05) is 11.8 Å². The van der Waals surface area contributed by atoms with Gasteiger partial charge in [-0.15, -0.1) is 11.8 Å². The van der Waals surface area contributed by atoms with Crippen molar-refractivity contribution in [1.29, 1.82) is 0 Å². The Morgan fingerprint density at radius 1 is 1.31 bits per heavy atom. The summed E-state index contributed by atoms with van der Waals surface area (Å²) in [5.41, 5.74) is 2.65. The molecule has 0 aromatic heterocycles. The number of nitrogens with zero attached hydrogens (tertiary/aromatic N) is 1. The van der Waals surface area contributed by atoms with Gasteiger partial charge in [0.15, 0.2) is 0 Å². The first kappa shape index (κ1) is 7.63. The second-order valence-electron chi connectivity index (χ2n) is 3.55. The maximum atomic E-state index is 4.65. The summed E-state index contributed by atoms with van der Waals surface area (Å²) < 4.78 is 0. The molecule has 1 saturated heterocycles. The summed E-state index contributed by atoms with van der Waals surface area (Å²) >= 11 is 1.94. The molecular weight excluding hydrogens is 178 g/mol. The van der Waals surface area contributed by atoms with Gasteiger partial charge in [-0.05, 0) is 30.2 Å². The van der Waals surface area contributed by atoms with Crippen molar-refractivity contribution in [2.24, 2.45) is 4.99 Å². The molecule has 0 bridgehead atoms. The Bertz CT molecular complexity index is 370. The number of hydrogen-bond acceptors (Lipinski definition) is 2. The summed E-state index contributed by atoms with van der Waals surface area (Å²) in [6.45, 7) is 0. The number of para-hydroxylation sites is 1. The normalized spacial score (nSPS) is 24.9. The van der Waals surface area contributed by atoms with Gasteiger partial charge in [-0.25, -0.2) is 4.99 Å². The number of hydrogen-bond donors (Lipinski definition) is 0. The van der Waals surface area contributed by atoms with Crippen LogP contribution in [0, 0.1) is 0 Å². The van der Waals surface area contributed by atoms with Crippen LogP contribution in [0.25, 0.3) is 0 Å². The average Bonchev–Trinajstić information content (AvgIpc) is 2.56. The van der Waals surface area contributed by atoms with E-state index in [0.717, 1.165) is 0 Å². The summed E-state index contributed by atoms with van der Waals surface area (Å²) in [5, 5.41) is 1.35. The minimum absolute atomic E-state index is 0.634. The van der Waals surface area contributed by atoms with E-state index >= 15 is 0 Å². The molecule has 0 saturated carbocycles. The molecule has 1 unspecified atom stereocenters. The van der Waals surface area contributed by atoms with E-state index < -0.39 is 0 Å². The van der Waals surface area contributed by atoms with Crippen LogP contribution >= 0.6 is 11.8 Å². The van der Waals surface area contributed by atoms with Gasteiger partial charge in [0.2, 0.25) is 0 Å². The molecule has 0 spiro atoms. The zero-order valence-corrected chi connectivity index (χ0v) is 8.18. The molecule has 2 heteroatoms. The lowest BCUT2D eigenvalue weighted by molar-refractivity contribution is 0.758. The first-order valence-corrected chi connectivity index (χ1v) is 5.74. The first-order chi connectivity index (χ1) is 6.45. The van der Waals surface area contributed by atoms with E-state index in [0.29, 0.717) is 5.92 Å². The fourth-order valence-corrected chi connectivity index (χ4v) is 3.22. The summed E-state index contributed by atoms with van der Waals surface area (Å²) in [7, 11) is 0. The molecule has 1 aromatic carbocycles. The van der Waals surface area contributed by atoms with Gasteiger partial charge in [0.25, 0.3) is 0 Å². The van der Waals surface area contributed by atoms with Crippen LogP contribution in [0.3, 0.4) is 0 Å². The first-order valence-electron chi connectivity index (χ1n) is 4.75. The van der Waals surface area contributed by atoms with Crippen molar-refractivity contribution in [3.05, 3.63) is 29.8 Å². The fourth-order valence-electron chi connectivity index (χ4n) is 2.09. The van der Waals surface area contributed by atoms with Gasteiger partial charge in [0.1, 0.15) is 0 Å². The summed E-state index contributed by atoms with van der Waals surface area (Å²) in [6, 6.07) is 8.55. The van der Waals surface area contributed by atoms with Crippen LogP contribution in [0.1, 0.15) is 24.3 Å². The largest absolute Gasteiger partial charge is 0.246 e. The average molecular weight is 189 g/mol. The lowest BCUT2D eigenvalue weighted by atomic mass is 9.96. The summed E-state index contributed by atoms with van der Waals surface area (Å²) in [6.07, 6.45) is 2.63. The molecule has 0 N–H and O–H groups in total. The number of thioether (sulfide) groups is 1. The zero-order valence-electron chi connectivity index (χ0n) is 7.36. The van der Waals surface area contributed by atoms with Crippen molar-refractivity contribution in [2.45, 2.75) is 18.8 Å². The minimum atomic E-state index is 0.634. The number of rotatable bonds is 0. The van der Waals surface area contributed by atoms with Gasteiger partial charge in [0.05, 0.1) is 10.7 Å². The molecule has 0 aliphatic carbocycles. The Hall–Kier alpha value is -0.760. The predicted molar refractivity (Wildman–Crippen MR) is 58.0 cm³/mol. The molecule has 1 nitrogen and oxygen atoms in total. The molecule has 0 radical (unpaired) electrons. The van der Waals surface area contributed by atoms with Crippen LogP contribution in [0.15, 0.2) is 29.3 Å².